The standard InChI is InChI=1S/C21H16ClFN2O3/c22-18-17(10-1-2-11-7-24-8-12(11)5-10)16(23)6-14-19(18)25(13-3-4-13)9-15(20(14)26)21(27)28/h1-2,5-6,9,13,24H,3-4,7-8H2,(H,27,28). The van der Waals surface area contributed by atoms with Gasteiger partial charge < -0.3 is 15.0 Å². The number of nitrogens with one attached hydrogen (secondary N) is 1. The zero-order chi connectivity index (χ0) is 19.6. The summed E-state index contributed by atoms with van der Waals surface area (Å²) in [5.74, 6) is -1.96. The zero-order valence-corrected chi connectivity index (χ0v) is 15.5. The van der Waals surface area contributed by atoms with Crippen LogP contribution in [0.25, 0.3) is 22.0 Å². The molecule has 1 saturated carbocycles. The molecule has 0 unspecified atom stereocenters. The number of nitrogens with zero attached hydrogens (tertiary/aromatic N) is 1. The first-order valence-corrected chi connectivity index (χ1v) is 9.46. The number of aromatic nitrogens is 1. The molecular weight excluding hydrogens is 383 g/mol. The van der Waals surface area contributed by atoms with Gasteiger partial charge in [-0.3, -0.25) is 4.79 Å². The minimum atomic E-state index is -1.33. The number of hydrogen-bond donors (Lipinski definition) is 2. The summed E-state index contributed by atoms with van der Waals surface area (Å²) in [6, 6.07) is 6.88. The molecule has 28 heavy (non-hydrogen) atoms. The summed E-state index contributed by atoms with van der Waals surface area (Å²) in [6.45, 7) is 1.49. The lowest BCUT2D eigenvalue weighted by Crippen LogP contribution is -2.19. The molecular formula is C21H16ClFN2O3. The highest BCUT2D eigenvalue weighted by molar-refractivity contribution is 6.38. The van der Waals surface area contributed by atoms with Gasteiger partial charge in [-0.2, -0.15) is 0 Å². The molecule has 1 aromatic heterocycles. The Bertz CT molecular complexity index is 1230. The van der Waals surface area contributed by atoms with E-state index in [1.807, 2.05) is 18.2 Å². The topological polar surface area (TPSA) is 71.3 Å². The minimum absolute atomic E-state index is 0.000812. The first kappa shape index (κ1) is 17.4. The molecule has 3 aromatic rings. The van der Waals surface area contributed by atoms with Crippen molar-refractivity contribution in [2.24, 2.45) is 0 Å². The van der Waals surface area contributed by atoms with Crippen molar-refractivity contribution in [1.82, 2.24) is 9.88 Å². The van der Waals surface area contributed by atoms with Crippen molar-refractivity contribution in [3.63, 3.8) is 0 Å². The Morgan fingerprint density at radius 2 is 1.96 bits per heavy atom. The summed E-state index contributed by atoms with van der Waals surface area (Å²) in [6.07, 6.45) is 3.07. The van der Waals surface area contributed by atoms with Crippen LogP contribution in [-0.4, -0.2) is 15.6 Å². The van der Waals surface area contributed by atoms with Crippen LogP contribution in [0.3, 0.4) is 0 Å². The second-order valence-corrected chi connectivity index (χ2v) is 7.72. The largest absolute Gasteiger partial charge is 0.477 e. The number of benzene rings is 2. The summed E-state index contributed by atoms with van der Waals surface area (Å²) < 4.78 is 16.8. The van der Waals surface area contributed by atoms with Crippen molar-refractivity contribution in [3.05, 3.63) is 68.2 Å². The Hall–Kier alpha value is -2.70. The maximum atomic E-state index is 15.1. The summed E-state index contributed by atoms with van der Waals surface area (Å²) in [5, 5.41) is 12.8. The van der Waals surface area contributed by atoms with Gasteiger partial charge in [0.25, 0.3) is 0 Å². The molecule has 2 N–H and O–H groups in total. The lowest BCUT2D eigenvalue weighted by Gasteiger charge is -2.16. The van der Waals surface area contributed by atoms with Crippen LogP contribution in [0.4, 0.5) is 4.39 Å². The quantitative estimate of drug-likeness (QED) is 0.696. The van der Waals surface area contributed by atoms with E-state index < -0.39 is 17.2 Å². The third-order valence-corrected chi connectivity index (χ3v) is 5.87. The highest BCUT2D eigenvalue weighted by Crippen LogP contribution is 2.42. The summed E-state index contributed by atoms with van der Waals surface area (Å²) in [7, 11) is 0. The molecule has 142 valence electrons. The maximum Gasteiger partial charge on any atom is 0.341 e. The van der Waals surface area contributed by atoms with Crippen LogP contribution in [0.2, 0.25) is 5.02 Å². The number of halogens is 2. The average molecular weight is 399 g/mol. The number of carboxylic acid groups (broad SMARTS) is 1. The number of hydrogen-bond acceptors (Lipinski definition) is 3. The van der Waals surface area contributed by atoms with E-state index in [9.17, 15) is 14.7 Å². The predicted molar refractivity (Wildman–Crippen MR) is 104 cm³/mol. The van der Waals surface area contributed by atoms with Crippen LogP contribution in [-0.2, 0) is 13.1 Å². The number of carbonyl (C=O) groups is 1. The van der Waals surface area contributed by atoms with Crippen molar-refractivity contribution in [1.29, 1.82) is 0 Å². The van der Waals surface area contributed by atoms with E-state index >= 15 is 4.39 Å². The van der Waals surface area contributed by atoms with Gasteiger partial charge in [-0.05, 0) is 41.7 Å². The molecule has 2 heterocycles. The monoisotopic (exact) mass is 398 g/mol. The van der Waals surface area contributed by atoms with Gasteiger partial charge in [-0.1, -0.05) is 23.7 Å². The number of rotatable bonds is 3. The molecule has 1 aliphatic carbocycles. The third-order valence-electron chi connectivity index (χ3n) is 5.50. The summed E-state index contributed by atoms with van der Waals surface area (Å²) in [4.78, 5) is 24.1. The molecule has 0 atom stereocenters. The van der Waals surface area contributed by atoms with Gasteiger partial charge in [0.1, 0.15) is 11.4 Å². The molecule has 0 bridgehead atoms. The smallest absolute Gasteiger partial charge is 0.341 e. The highest BCUT2D eigenvalue weighted by Gasteiger charge is 2.29. The number of carboxylic acids is 1. The Balaban J connectivity index is 1.83. The van der Waals surface area contributed by atoms with Crippen LogP contribution in [0, 0.1) is 5.82 Å². The van der Waals surface area contributed by atoms with E-state index in [2.05, 4.69) is 5.32 Å². The molecule has 0 saturated heterocycles. The Labute approximate surface area is 164 Å². The first-order chi connectivity index (χ1) is 13.5. The van der Waals surface area contributed by atoms with Crippen LogP contribution in [0.1, 0.15) is 40.4 Å². The van der Waals surface area contributed by atoms with Gasteiger partial charge in [0.15, 0.2) is 0 Å². The van der Waals surface area contributed by atoms with Crippen LogP contribution < -0.4 is 10.7 Å². The average Bonchev–Trinajstić information content (AvgIpc) is 3.39. The van der Waals surface area contributed by atoms with E-state index in [-0.39, 0.29) is 27.6 Å². The van der Waals surface area contributed by atoms with E-state index in [0.29, 0.717) is 17.6 Å². The maximum absolute atomic E-state index is 15.1. The van der Waals surface area contributed by atoms with Gasteiger partial charge in [0, 0.05) is 30.9 Å². The van der Waals surface area contributed by atoms with Gasteiger partial charge >= 0.3 is 5.97 Å². The molecule has 5 nitrogen and oxygen atoms in total. The number of fused-ring (bicyclic) bond motifs is 2. The van der Waals surface area contributed by atoms with Crippen molar-refractivity contribution in [3.8, 4) is 11.1 Å². The first-order valence-electron chi connectivity index (χ1n) is 9.08. The number of aromatic carboxylic acids is 1. The fourth-order valence-electron chi connectivity index (χ4n) is 3.95. The third kappa shape index (κ3) is 2.56. The predicted octanol–water partition coefficient (Wildman–Crippen LogP) is 4.10. The van der Waals surface area contributed by atoms with Crippen molar-refractivity contribution < 1.29 is 14.3 Å². The van der Waals surface area contributed by atoms with E-state index in [4.69, 9.17) is 11.6 Å². The number of pyridine rings is 1. The van der Waals surface area contributed by atoms with Crippen LogP contribution in [0.15, 0.2) is 35.3 Å². The molecule has 7 heteroatoms. The molecule has 5 rings (SSSR count). The summed E-state index contributed by atoms with van der Waals surface area (Å²) >= 11 is 6.65. The normalized spacial score (nSPS) is 15.8. The molecule has 2 aliphatic rings. The lowest BCUT2D eigenvalue weighted by atomic mass is 9.98. The second kappa shape index (κ2) is 6.15. The van der Waals surface area contributed by atoms with Gasteiger partial charge in [0.05, 0.1) is 15.9 Å². The zero-order valence-electron chi connectivity index (χ0n) is 14.8. The van der Waals surface area contributed by atoms with Crippen LogP contribution in [0.5, 0.6) is 0 Å². The van der Waals surface area contributed by atoms with E-state index in [1.54, 1.807) is 4.57 Å². The molecule has 1 aliphatic heterocycles. The Kier molecular flexibility index (Phi) is 3.82. The fraction of sp³-hybridized carbons (Fsp3) is 0.238. The second-order valence-electron chi connectivity index (χ2n) is 7.35. The molecule has 0 radical (unpaired) electrons. The van der Waals surface area contributed by atoms with Gasteiger partial charge in [-0.15, -0.1) is 0 Å². The van der Waals surface area contributed by atoms with Crippen molar-refractivity contribution in [2.75, 3.05) is 0 Å². The van der Waals surface area contributed by atoms with E-state index in [0.717, 1.165) is 31.0 Å². The fourth-order valence-corrected chi connectivity index (χ4v) is 4.35. The Morgan fingerprint density at radius 3 is 2.68 bits per heavy atom. The SMILES string of the molecule is O=C(O)c1cn(C2CC2)c2c(Cl)c(-c3ccc4c(c3)CNC4)c(F)cc2c1=O. The Morgan fingerprint density at radius 1 is 1.21 bits per heavy atom. The molecule has 2 aromatic carbocycles. The highest BCUT2D eigenvalue weighted by atomic mass is 35.5. The van der Waals surface area contributed by atoms with Crippen molar-refractivity contribution >= 4 is 28.5 Å². The van der Waals surface area contributed by atoms with E-state index in [1.165, 1.54) is 11.8 Å². The molecule has 0 amide bonds. The summed E-state index contributed by atoms with van der Waals surface area (Å²) in [5.41, 5.74) is 2.45. The van der Waals surface area contributed by atoms with Gasteiger partial charge in [0.2, 0.25) is 5.43 Å². The van der Waals surface area contributed by atoms with Crippen molar-refractivity contribution in [2.45, 2.75) is 32.0 Å². The van der Waals surface area contributed by atoms with Gasteiger partial charge in [-0.25, -0.2) is 9.18 Å². The molecule has 1 fully saturated rings. The minimum Gasteiger partial charge on any atom is -0.477 e. The van der Waals surface area contributed by atoms with Crippen LogP contribution >= 0.6 is 11.6 Å². The lowest BCUT2D eigenvalue weighted by molar-refractivity contribution is 0.0695. The molecule has 0 spiro atoms.